The minimum atomic E-state index is -1.02. The summed E-state index contributed by atoms with van der Waals surface area (Å²) >= 11 is 0. The number of aryl methyl sites for hydroxylation is 1. The molecule has 19 heavy (non-hydrogen) atoms. The van der Waals surface area contributed by atoms with Gasteiger partial charge in [-0.15, -0.1) is 0 Å². The van der Waals surface area contributed by atoms with Gasteiger partial charge in [0.1, 0.15) is 12.4 Å². The number of benzene rings is 1. The standard InChI is InChI=1S/C14H16N2O3/c1-3-16-11(8-15-13(16)14(17)18)9-19-12-6-4-5-10(2)7-12/h4-8H,3,9H2,1-2H3,(H,17,18). The number of ether oxygens (including phenoxy) is 1. The summed E-state index contributed by atoms with van der Waals surface area (Å²) in [5.74, 6) is -0.213. The highest BCUT2D eigenvalue weighted by Gasteiger charge is 2.14. The number of aromatic carboxylic acids is 1. The largest absolute Gasteiger partial charge is 0.487 e. The lowest BCUT2D eigenvalue weighted by Gasteiger charge is -2.09. The summed E-state index contributed by atoms with van der Waals surface area (Å²) in [6, 6.07) is 7.72. The zero-order valence-electron chi connectivity index (χ0n) is 11.0. The molecule has 0 radical (unpaired) electrons. The Morgan fingerprint density at radius 1 is 1.47 bits per heavy atom. The van der Waals surface area contributed by atoms with Crippen molar-refractivity contribution in [2.24, 2.45) is 0 Å². The average molecular weight is 260 g/mol. The number of imidazole rings is 1. The van der Waals surface area contributed by atoms with E-state index in [1.165, 1.54) is 0 Å². The molecule has 0 fully saturated rings. The number of aromatic nitrogens is 2. The zero-order valence-corrected chi connectivity index (χ0v) is 11.0. The van der Waals surface area contributed by atoms with Gasteiger partial charge in [-0.3, -0.25) is 0 Å². The lowest BCUT2D eigenvalue weighted by molar-refractivity contribution is 0.0677. The summed E-state index contributed by atoms with van der Waals surface area (Å²) in [5, 5.41) is 9.01. The number of rotatable bonds is 5. The molecule has 0 saturated carbocycles. The summed E-state index contributed by atoms with van der Waals surface area (Å²) in [7, 11) is 0. The van der Waals surface area contributed by atoms with Crippen LogP contribution in [-0.2, 0) is 13.2 Å². The fourth-order valence-electron chi connectivity index (χ4n) is 1.91. The third kappa shape index (κ3) is 2.93. The van der Waals surface area contributed by atoms with Crippen LogP contribution < -0.4 is 4.74 Å². The molecule has 0 unspecified atom stereocenters. The Kier molecular flexibility index (Phi) is 3.85. The van der Waals surface area contributed by atoms with Crippen molar-refractivity contribution in [3.63, 3.8) is 0 Å². The highest BCUT2D eigenvalue weighted by Crippen LogP contribution is 2.15. The second kappa shape index (κ2) is 5.56. The molecule has 0 aliphatic rings. The molecule has 0 bridgehead atoms. The van der Waals surface area contributed by atoms with E-state index in [1.807, 2.05) is 38.1 Å². The van der Waals surface area contributed by atoms with Gasteiger partial charge in [-0.05, 0) is 31.5 Å². The van der Waals surface area contributed by atoms with Crippen LogP contribution in [0.2, 0.25) is 0 Å². The molecule has 1 aromatic carbocycles. The highest BCUT2D eigenvalue weighted by atomic mass is 16.5. The van der Waals surface area contributed by atoms with Gasteiger partial charge in [0, 0.05) is 6.54 Å². The zero-order chi connectivity index (χ0) is 13.8. The molecule has 0 aliphatic carbocycles. The molecule has 0 saturated heterocycles. The molecule has 0 amide bonds. The number of hydrogen-bond donors (Lipinski definition) is 1. The third-order valence-corrected chi connectivity index (χ3v) is 2.82. The monoisotopic (exact) mass is 260 g/mol. The Morgan fingerprint density at radius 3 is 2.89 bits per heavy atom. The minimum Gasteiger partial charge on any atom is -0.487 e. The summed E-state index contributed by atoms with van der Waals surface area (Å²) in [4.78, 5) is 14.9. The number of carboxylic acids is 1. The van der Waals surface area contributed by atoms with Crippen molar-refractivity contribution in [2.75, 3.05) is 0 Å². The van der Waals surface area contributed by atoms with Crippen LogP contribution in [0.15, 0.2) is 30.5 Å². The number of nitrogens with zero attached hydrogens (tertiary/aromatic N) is 2. The van der Waals surface area contributed by atoms with Crippen molar-refractivity contribution in [3.05, 3.63) is 47.5 Å². The van der Waals surface area contributed by atoms with Gasteiger partial charge in [0.2, 0.25) is 5.82 Å². The maximum atomic E-state index is 11.0. The molecular formula is C14H16N2O3. The van der Waals surface area contributed by atoms with Crippen molar-refractivity contribution in [1.82, 2.24) is 9.55 Å². The van der Waals surface area contributed by atoms with Crippen molar-refractivity contribution < 1.29 is 14.6 Å². The molecular weight excluding hydrogens is 244 g/mol. The van der Waals surface area contributed by atoms with E-state index in [-0.39, 0.29) is 5.82 Å². The summed E-state index contributed by atoms with van der Waals surface area (Å²) in [6.45, 7) is 4.72. The van der Waals surface area contributed by atoms with Gasteiger partial charge in [0.05, 0.1) is 11.9 Å². The Morgan fingerprint density at radius 2 is 2.26 bits per heavy atom. The molecule has 0 aliphatic heterocycles. The molecule has 100 valence electrons. The first-order valence-electron chi connectivity index (χ1n) is 6.09. The highest BCUT2D eigenvalue weighted by molar-refractivity contribution is 5.83. The molecule has 0 spiro atoms. The van der Waals surface area contributed by atoms with Crippen LogP contribution in [0, 0.1) is 6.92 Å². The predicted octanol–water partition coefficient (Wildman–Crippen LogP) is 2.49. The lowest BCUT2D eigenvalue weighted by Crippen LogP contribution is -2.12. The first-order valence-corrected chi connectivity index (χ1v) is 6.09. The molecule has 2 aromatic rings. The normalized spacial score (nSPS) is 10.4. The molecule has 5 nitrogen and oxygen atoms in total. The Bertz CT molecular complexity index is 590. The van der Waals surface area contributed by atoms with E-state index in [1.54, 1.807) is 10.8 Å². The Balaban J connectivity index is 2.14. The van der Waals surface area contributed by atoms with E-state index >= 15 is 0 Å². The summed E-state index contributed by atoms with van der Waals surface area (Å²) in [6.07, 6.45) is 1.54. The Labute approximate surface area is 111 Å². The predicted molar refractivity (Wildman–Crippen MR) is 70.4 cm³/mol. The minimum absolute atomic E-state index is 0.0466. The van der Waals surface area contributed by atoms with E-state index in [0.717, 1.165) is 17.0 Å². The van der Waals surface area contributed by atoms with Gasteiger partial charge < -0.3 is 14.4 Å². The average Bonchev–Trinajstić information content (AvgIpc) is 2.79. The molecule has 1 N–H and O–H groups in total. The smallest absolute Gasteiger partial charge is 0.372 e. The second-order valence-corrected chi connectivity index (χ2v) is 4.23. The molecule has 2 rings (SSSR count). The lowest BCUT2D eigenvalue weighted by atomic mass is 10.2. The molecule has 1 aromatic heterocycles. The van der Waals surface area contributed by atoms with Crippen LogP contribution in [0.3, 0.4) is 0 Å². The summed E-state index contributed by atoms with van der Waals surface area (Å²) < 4.78 is 7.29. The SMILES string of the molecule is CCn1c(COc2cccc(C)c2)cnc1C(=O)O. The number of carbonyl (C=O) groups is 1. The van der Waals surface area contributed by atoms with Crippen LogP contribution in [-0.4, -0.2) is 20.6 Å². The van der Waals surface area contributed by atoms with Crippen molar-refractivity contribution in [2.45, 2.75) is 27.0 Å². The summed E-state index contributed by atoms with van der Waals surface area (Å²) in [5.41, 5.74) is 1.87. The van der Waals surface area contributed by atoms with Crippen LogP contribution >= 0.6 is 0 Å². The van der Waals surface area contributed by atoms with Crippen molar-refractivity contribution in [1.29, 1.82) is 0 Å². The fraction of sp³-hybridized carbons (Fsp3) is 0.286. The topological polar surface area (TPSA) is 64.4 Å². The van der Waals surface area contributed by atoms with E-state index in [9.17, 15) is 4.79 Å². The van der Waals surface area contributed by atoms with Crippen molar-refractivity contribution in [3.8, 4) is 5.75 Å². The molecule has 5 heteroatoms. The van der Waals surface area contributed by atoms with Crippen LogP contribution in [0.25, 0.3) is 0 Å². The van der Waals surface area contributed by atoms with Crippen LogP contribution in [0.4, 0.5) is 0 Å². The number of carboxylic acid groups (broad SMARTS) is 1. The van der Waals surface area contributed by atoms with E-state index in [0.29, 0.717) is 13.2 Å². The first-order chi connectivity index (χ1) is 9.11. The van der Waals surface area contributed by atoms with E-state index in [2.05, 4.69) is 4.98 Å². The van der Waals surface area contributed by atoms with Gasteiger partial charge >= 0.3 is 5.97 Å². The van der Waals surface area contributed by atoms with Crippen molar-refractivity contribution >= 4 is 5.97 Å². The van der Waals surface area contributed by atoms with Crippen LogP contribution in [0.1, 0.15) is 28.8 Å². The van der Waals surface area contributed by atoms with E-state index < -0.39 is 5.97 Å². The van der Waals surface area contributed by atoms with Gasteiger partial charge in [0.25, 0.3) is 0 Å². The van der Waals surface area contributed by atoms with Crippen LogP contribution in [0.5, 0.6) is 5.75 Å². The first kappa shape index (κ1) is 13.1. The van der Waals surface area contributed by atoms with Gasteiger partial charge in [0.15, 0.2) is 0 Å². The van der Waals surface area contributed by atoms with Gasteiger partial charge in [-0.1, -0.05) is 12.1 Å². The second-order valence-electron chi connectivity index (χ2n) is 4.23. The molecule has 0 atom stereocenters. The fourth-order valence-corrected chi connectivity index (χ4v) is 1.91. The third-order valence-electron chi connectivity index (χ3n) is 2.82. The van der Waals surface area contributed by atoms with Gasteiger partial charge in [-0.2, -0.15) is 0 Å². The quantitative estimate of drug-likeness (QED) is 0.897. The van der Waals surface area contributed by atoms with Gasteiger partial charge in [-0.25, -0.2) is 9.78 Å². The van der Waals surface area contributed by atoms with E-state index in [4.69, 9.17) is 9.84 Å². The Hall–Kier alpha value is -2.30. The number of hydrogen-bond acceptors (Lipinski definition) is 3. The maximum Gasteiger partial charge on any atom is 0.372 e. The molecule has 1 heterocycles. The maximum absolute atomic E-state index is 11.0.